The molecule has 0 radical (unpaired) electrons. The van der Waals surface area contributed by atoms with E-state index in [1.165, 1.54) is 55.5 Å². The molecular formula is C96H121FN4O19S. The number of amides is 4. The van der Waals surface area contributed by atoms with Gasteiger partial charge < -0.3 is 59.0 Å². The van der Waals surface area contributed by atoms with Crippen molar-refractivity contribution in [1.29, 1.82) is 0 Å². The zero-order valence-electron chi connectivity index (χ0n) is 71.7. The number of carboxylic acid groups (broad SMARTS) is 4. The normalized spacial score (nSPS) is 10.9. The minimum absolute atomic E-state index is 0.00322. The van der Waals surface area contributed by atoms with E-state index in [2.05, 4.69) is 0 Å². The van der Waals surface area contributed by atoms with Gasteiger partial charge in [-0.15, -0.1) is 0 Å². The maximum absolute atomic E-state index is 13.2. The number of Topliss-reactive ketones (excluding diaryl/α,β-unsaturated/α-hetero) is 1. The maximum atomic E-state index is 13.2. The third kappa shape index (κ3) is 36.8. The lowest BCUT2D eigenvalue weighted by atomic mass is 10.1. The Bertz CT molecular complexity index is 4550. The van der Waals surface area contributed by atoms with Crippen molar-refractivity contribution >= 4 is 63.1 Å². The summed E-state index contributed by atoms with van der Waals surface area (Å²) in [5, 5.41) is 34.8. The fraction of sp³-hybridized carbons (Fsp3) is 0.406. The number of unbranched alkanes of at least 4 members (excludes halogenated alkanes) is 8. The van der Waals surface area contributed by atoms with E-state index < -0.39 is 33.7 Å². The fourth-order valence-electron chi connectivity index (χ4n) is 12.4. The van der Waals surface area contributed by atoms with Gasteiger partial charge in [-0.3, -0.25) is 43.2 Å². The van der Waals surface area contributed by atoms with E-state index in [9.17, 15) is 56.0 Å². The number of para-hydroxylation sites is 4. The average molecular weight is 1690 g/mol. The molecule has 121 heavy (non-hydrogen) atoms. The summed E-state index contributed by atoms with van der Waals surface area (Å²) >= 11 is 0. The van der Waals surface area contributed by atoms with Crippen LogP contribution >= 0.6 is 0 Å². The summed E-state index contributed by atoms with van der Waals surface area (Å²) in [5.41, 5.74) is 7.42. The number of rotatable bonds is 46. The van der Waals surface area contributed by atoms with Crippen molar-refractivity contribution in [2.45, 2.75) is 227 Å². The molecule has 0 aliphatic carbocycles. The minimum Gasteiger partial charge on any atom is -0.493 e. The SMILES string of the molecule is CC(=O)c1ccc(C(=O)N(Cc2ccccc2OCCCCCC(=O)O)C(C)C)cc1.CC(C)N(Cc1ccccc1OCCCCCC(=O)O)C(=O)c1ccc(F)cc1.CC(C)N(Cc1ccccc1OCCCCCC(=O)O)C(=O)c1ccc(S(C)(=O)=O)cc1.Cc1ccc(C(=O)N(Cc2ccccc2OCCCCCC(=O)O)C(C)C)cc1. The van der Waals surface area contributed by atoms with Crippen LogP contribution in [0.4, 0.5) is 4.39 Å². The number of aliphatic carboxylic acids is 4. The van der Waals surface area contributed by atoms with Crippen LogP contribution in [0.5, 0.6) is 23.0 Å². The van der Waals surface area contributed by atoms with Crippen molar-refractivity contribution in [2.75, 3.05) is 32.7 Å². The molecule has 0 spiro atoms. The summed E-state index contributed by atoms with van der Waals surface area (Å²) < 4.78 is 60.2. The van der Waals surface area contributed by atoms with Crippen LogP contribution in [0.15, 0.2) is 199 Å². The molecule has 4 N–H and O–H groups in total. The highest BCUT2D eigenvalue weighted by Crippen LogP contribution is 2.29. The summed E-state index contributed by atoms with van der Waals surface area (Å²) in [6, 6.07) is 56.3. The molecule has 0 aliphatic heterocycles. The number of halogens is 1. The van der Waals surface area contributed by atoms with E-state index in [0.717, 1.165) is 96.9 Å². The van der Waals surface area contributed by atoms with Gasteiger partial charge in [-0.05, 0) is 243 Å². The average Bonchev–Trinajstić information content (AvgIpc) is 0.814. The molecule has 0 aliphatic rings. The van der Waals surface area contributed by atoms with Crippen molar-refractivity contribution < 1.29 is 95.3 Å². The van der Waals surface area contributed by atoms with E-state index in [1.54, 1.807) is 39.0 Å². The van der Waals surface area contributed by atoms with Crippen LogP contribution in [0.25, 0.3) is 0 Å². The highest BCUT2D eigenvalue weighted by Gasteiger charge is 2.26. The first kappa shape index (κ1) is 99.8. The van der Waals surface area contributed by atoms with E-state index >= 15 is 0 Å². The second-order valence-electron chi connectivity index (χ2n) is 30.6. The number of carbonyl (C=O) groups is 9. The van der Waals surface area contributed by atoms with Crippen molar-refractivity contribution in [2.24, 2.45) is 0 Å². The first-order chi connectivity index (χ1) is 57.6. The zero-order valence-corrected chi connectivity index (χ0v) is 72.6. The molecular weight excluding hydrogens is 1560 g/mol. The van der Waals surface area contributed by atoms with E-state index in [0.29, 0.717) is 118 Å². The number of sulfone groups is 1. The molecule has 23 nitrogen and oxygen atoms in total. The highest BCUT2D eigenvalue weighted by atomic mass is 32.2. The Morgan fingerprint density at radius 1 is 0.322 bits per heavy atom. The second-order valence-corrected chi connectivity index (χ2v) is 32.6. The van der Waals surface area contributed by atoms with Gasteiger partial charge in [-0.25, -0.2) is 12.8 Å². The topological polar surface area (TPSA) is 319 Å². The van der Waals surface area contributed by atoms with Gasteiger partial charge in [0.15, 0.2) is 15.6 Å². The van der Waals surface area contributed by atoms with Crippen LogP contribution in [0.1, 0.15) is 245 Å². The quantitative estimate of drug-likeness (QED) is 0.0203. The van der Waals surface area contributed by atoms with Crippen molar-refractivity contribution in [3.8, 4) is 23.0 Å². The van der Waals surface area contributed by atoms with Gasteiger partial charge in [-0.2, -0.15) is 0 Å². The number of hydrogen-bond acceptors (Lipinski definition) is 15. The highest BCUT2D eigenvalue weighted by molar-refractivity contribution is 7.90. The Balaban J connectivity index is 0.000000287. The largest absolute Gasteiger partial charge is 0.493 e. The van der Waals surface area contributed by atoms with E-state index in [1.807, 2.05) is 189 Å². The summed E-state index contributed by atoms with van der Waals surface area (Å²) in [6.07, 6.45) is 10.7. The molecule has 8 aromatic carbocycles. The lowest BCUT2D eigenvalue weighted by Gasteiger charge is -2.28. The number of carbonyl (C=O) groups excluding carboxylic acids is 5. The fourth-order valence-corrected chi connectivity index (χ4v) is 13.0. The van der Waals surface area contributed by atoms with Crippen molar-refractivity contribution in [3.05, 3.63) is 256 Å². The van der Waals surface area contributed by atoms with E-state index in [-0.39, 0.29) is 90.0 Å². The number of ether oxygens (including phenoxy) is 4. The molecule has 8 rings (SSSR count). The third-order valence-corrected chi connectivity index (χ3v) is 20.5. The molecule has 0 bridgehead atoms. The number of carboxylic acids is 4. The lowest BCUT2D eigenvalue weighted by Crippen LogP contribution is -2.36. The van der Waals surface area contributed by atoms with Crippen LogP contribution < -0.4 is 18.9 Å². The molecule has 0 aromatic heterocycles. The van der Waals surface area contributed by atoms with Crippen molar-refractivity contribution in [3.63, 3.8) is 0 Å². The Hall–Kier alpha value is -11.7. The van der Waals surface area contributed by atoms with Crippen LogP contribution in [0.3, 0.4) is 0 Å². The molecule has 0 saturated carbocycles. The van der Waals surface area contributed by atoms with Gasteiger partial charge in [0.1, 0.15) is 28.8 Å². The molecule has 8 aromatic rings. The third-order valence-electron chi connectivity index (χ3n) is 19.4. The zero-order chi connectivity index (χ0) is 89.0. The van der Waals surface area contributed by atoms with Crippen molar-refractivity contribution in [1.82, 2.24) is 19.6 Å². The monoisotopic (exact) mass is 1680 g/mol. The Labute approximate surface area is 712 Å². The molecule has 0 atom stereocenters. The number of aryl methyl sites for hydroxylation is 1. The van der Waals surface area contributed by atoms with Crippen LogP contribution in [0, 0.1) is 12.7 Å². The Morgan fingerprint density at radius 3 is 0.777 bits per heavy atom. The van der Waals surface area contributed by atoms with Gasteiger partial charge in [-0.1, -0.05) is 103 Å². The minimum atomic E-state index is -3.33. The Kier molecular flexibility index (Phi) is 43.8. The van der Waals surface area contributed by atoms with Crippen LogP contribution in [-0.2, 0) is 55.2 Å². The number of ketones is 1. The van der Waals surface area contributed by atoms with Gasteiger partial charge in [0.05, 0.1) is 31.3 Å². The van der Waals surface area contributed by atoms with Crippen LogP contribution in [0.2, 0.25) is 0 Å². The van der Waals surface area contributed by atoms with Gasteiger partial charge in [0, 0.05) is 132 Å². The molecule has 4 amide bonds. The molecule has 0 heterocycles. The summed E-state index contributed by atoms with van der Waals surface area (Å²) in [7, 11) is -3.33. The maximum Gasteiger partial charge on any atom is 0.303 e. The predicted octanol–water partition coefficient (Wildman–Crippen LogP) is 19.1. The lowest BCUT2D eigenvalue weighted by molar-refractivity contribution is -0.138. The first-order valence-corrected chi connectivity index (χ1v) is 43.2. The van der Waals surface area contributed by atoms with Crippen LogP contribution in [-0.4, -0.2) is 159 Å². The summed E-state index contributed by atoms with van der Waals surface area (Å²) in [5.74, 6) is -1.07. The smallest absolute Gasteiger partial charge is 0.303 e. The van der Waals surface area contributed by atoms with Gasteiger partial charge in [0.25, 0.3) is 23.6 Å². The Morgan fingerprint density at radius 2 is 0.545 bits per heavy atom. The number of hydrogen-bond donors (Lipinski definition) is 4. The van der Waals surface area contributed by atoms with Gasteiger partial charge >= 0.3 is 23.9 Å². The molecule has 0 fully saturated rings. The van der Waals surface area contributed by atoms with Gasteiger partial charge in [0.2, 0.25) is 0 Å². The molecule has 25 heteroatoms. The first-order valence-electron chi connectivity index (χ1n) is 41.3. The molecule has 652 valence electrons. The summed E-state index contributed by atoms with van der Waals surface area (Å²) in [4.78, 5) is 113. The number of benzene rings is 8. The molecule has 0 saturated heterocycles. The predicted molar refractivity (Wildman–Crippen MR) is 466 cm³/mol. The summed E-state index contributed by atoms with van der Waals surface area (Å²) in [6.45, 7) is 22.8. The number of nitrogens with zero attached hydrogens (tertiary/aromatic N) is 4. The standard InChI is InChI=1S/C25H31NO5.C24H31NO6S.C24H31NO4.C23H28FNO4/c1-18(2)26(25(30)21-14-12-20(13-15-21)19(3)27)17-22-9-6-7-10-23(22)31-16-8-4-5-11-24(28)29;1-18(2)25(24(28)19-12-14-21(15-13-19)32(3,29)30)17-20-9-6-7-10-22(20)31-16-8-4-5-11-23(26)27;1-18(2)25(24(28)20-14-12-19(3)13-15-20)17-21-9-6-7-10-22(21)29-16-8-4-5-11-23(26)27;1-17(2)25(23(28)18-11-13-20(24)14-12-18)16-19-8-5-6-9-21(19)29-15-7-3-4-10-22(26)27/h6-7,9-10,12-15,18H,4-5,8,11,16-17H2,1-3H3,(H,28,29);6-7,9-10,12-15,18H,4-5,8,11,16-17H2,1-3H3,(H,26,27);6-7,9-10,12-15,18H,4-5,8,11,16-17H2,1-3H3,(H,26,27);5-6,8-9,11-14,17H,3-4,7,10,15-16H2,1-2H3,(H,26,27). The molecule has 0 unspecified atom stereocenters. The second kappa shape index (κ2) is 53.0. The van der Waals surface area contributed by atoms with E-state index in [4.69, 9.17) is 39.4 Å².